The Morgan fingerprint density at radius 1 is 0.295 bits per heavy atom. The van der Waals surface area contributed by atoms with Crippen molar-refractivity contribution in [1.82, 2.24) is 0 Å². The first-order chi connectivity index (χ1) is 50.2. The van der Waals surface area contributed by atoms with Crippen LogP contribution in [0.25, 0.3) is 21.5 Å². The van der Waals surface area contributed by atoms with Crippen LogP contribution >= 0.6 is 0 Å². The first kappa shape index (κ1) is 90.4. The number of fused-ring (bicyclic) bond motifs is 2. The number of aryl methyl sites for hydroxylation is 14. The molecule has 0 heterocycles. The average Bonchev–Trinajstić information content (AvgIpc) is 1.00. The molecule has 0 fully saturated rings. The van der Waals surface area contributed by atoms with Crippen molar-refractivity contribution in [1.29, 1.82) is 0 Å². The van der Waals surface area contributed by atoms with Gasteiger partial charge in [0.1, 0.15) is 0 Å². The van der Waals surface area contributed by atoms with E-state index in [4.69, 9.17) is 0 Å². The smallest absolute Gasteiger partial charge is 0.0132 e. The Bertz CT molecular complexity index is 4100. The minimum Gasteiger partial charge on any atom is -0.0654 e. The van der Waals surface area contributed by atoms with Gasteiger partial charge in [-0.3, -0.25) is 0 Å². The van der Waals surface area contributed by atoms with Crippen molar-refractivity contribution < 1.29 is 0 Å². The quantitative estimate of drug-likeness (QED) is 0.108. The van der Waals surface area contributed by atoms with Gasteiger partial charge >= 0.3 is 0 Å². The molecule has 0 aliphatic heterocycles. The second kappa shape index (κ2) is 51.4. The number of hydrogen-bond acceptors (Lipinski definition) is 0. The maximum absolute atomic E-state index is 2.31. The van der Waals surface area contributed by atoms with Gasteiger partial charge < -0.3 is 0 Å². The summed E-state index contributed by atoms with van der Waals surface area (Å²) in [6.45, 7) is 50.1. The van der Waals surface area contributed by atoms with Crippen LogP contribution in [0.4, 0.5) is 0 Å². The Balaban J connectivity index is 0.000000303. The molecule has 2 unspecified atom stereocenters. The van der Waals surface area contributed by atoms with Gasteiger partial charge in [-0.05, 0) is 204 Å². The van der Waals surface area contributed by atoms with Crippen LogP contribution in [0.1, 0.15) is 234 Å². The van der Waals surface area contributed by atoms with Crippen molar-refractivity contribution in [2.24, 2.45) is 5.92 Å². The Labute approximate surface area is 643 Å². The van der Waals surface area contributed by atoms with Gasteiger partial charge in [0, 0.05) is 0 Å². The number of benzene rings is 12. The summed E-state index contributed by atoms with van der Waals surface area (Å²) in [6, 6.07) is 99.7. The van der Waals surface area contributed by atoms with Crippen molar-refractivity contribution >= 4 is 21.5 Å². The van der Waals surface area contributed by atoms with E-state index in [0.29, 0.717) is 5.92 Å². The molecule has 0 saturated heterocycles. The molecule has 0 saturated carbocycles. The predicted molar refractivity (Wildman–Crippen MR) is 473 cm³/mol. The van der Waals surface area contributed by atoms with E-state index < -0.39 is 0 Å². The van der Waals surface area contributed by atoms with Crippen molar-refractivity contribution in [3.8, 4) is 0 Å². The molecule has 0 radical (unpaired) electrons. The van der Waals surface area contributed by atoms with Gasteiger partial charge in [-0.1, -0.05) is 443 Å². The Kier molecular flexibility index (Phi) is 44.2. The van der Waals surface area contributed by atoms with Crippen LogP contribution in [0.3, 0.4) is 0 Å². The zero-order valence-electron chi connectivity index (χ0n) is 69.9. The second-order valence-corrected chi connectivity index (χ2v) is 30.5. The largest absolute Gasteiger partial charge is 0.0654 e. The van der Waals surface area contributed by atoms with E-state index in [0.717, 1.165) is 18.3 Å². The number of rotatable bonds is 13. The van der Waals surface area contributed by atoms with Gasteiger partial charge in [0.15, 0.2) is 0 Å². The molecule has 0 aliphatic rings. The summed E-state index contributed by atoms with van der Waals surface area (Å²) in [7, 11) is 0. The fourth-order valence-electron chi connectivity index (χ4n) is 11.1. The third-order valence-electron chi connectivity index (χ3n) is 18.7. The highest BCUT2D eigenvalue weighted by Gasteiger charge is 2.12. The van der Waals surface area contributed by atoms with E-state index >= 15 is 0 Å². The summed E-state index contributed by atoms with van der Waals surface area (Å²) in [5.41, 5.74) is 25.1. The third-order valence-corrected chi connectivity index (χ3v) is 18.7. The second-order valence-electron chi connectivity index (χ2n) is 30.5. The summed E-state index contributed by atoms with van der Waals surface area (Å²) in [4.78, 5) is 0. The van der Waals surface area contributed by atoms with Gasteiger partial charge in [0.05, 0.1) is 0 Å². The molecule has 558 valence electrons. The topological polar surface area (TPSA) is 0 Å². The van der Waals surface area contributed by atoms with Gasteiger partial charge in [-0.15, -0.1) is 0 Å². The first-order valence-electron chi connectivity index (χ1n) is 39.5. The molecule has 0 aliphatic carbocycles. The van der Waals surface area contributed by atoms with E-state index in [9.17, 15) is 0 Å². The molecule has 2 atom stereocenters. The van der Waals surface area contributed by atoms with Crippen LogP contribution in [-0.4, -0.2) is 0 Å². The highest BCUT2D eigenvalue weighted by molar-refractivity contribution is 5.85. The summed E-state index contributed by atoms with van der Waals surface area (Å²) >= 11 is 0. The van der Waals surface area contributed by atoms with Crippen LogP contribution in [-0.2, 0) is 31.1 Å². The van der Waals surface area contributed by atoms with Crippen molar-refractivity contribution in [3.63, 3.8) is 0 Å². The molecule has 0 N–H and O–H groups in total. The van der Waals surface area contributed by atoms with Gasteiger partial charge in [0.25, 0.3) is 0 Å². The van der Waals surface area contributed by atoms with E-state index in [1.54, 1.807) is 0 Å². The number of unbranched alkanes of at least 4 members (excludes halogenated alkanes) is 1. The molecular weight excluding hydrogens is 1260 g/mol. The maximum Gasteiger partial charge on any atom is -0.0132 e. The number of hydrogen-bond donors (Lipinski definition) is 0. The van der Waals surface area contributed by atoms with Crippen molar-refractivity contribution in [2.75, 3.05) is 0 Å². The van der Waals surface area contributed by atoms with Gasteiger partial charge in [0.2, 0.25) is 0 Å². The van der Waals surface area contributed by atoms with Crippen LogP contribution < -0.4 is 0 Å². The lowest BCUT2D eigenvalue weighted by Gasteiger charge is -2.18. The minimum absolute atomic E-state index is 0.285. The van der Waals surface area contributed by atoms with E-state index in [2.05, 4.69) is 438 Å². The molecule has 0 amide bonds. The van der Waals surface area contributed by atoms with Crippen LogP contribution in [0, 0.1) is 82.1 Å². The Hall–Kier alpha value is -8.84. The van der Waals surface area contributed by atoms with Crippen LogP contribution in [0.5, 0.6) is 0 Å². The SMILES string of the molecule is CCC(C)Cc1ccc(C)cc1.CCCC(C)c1ccc(C)cc1.CCCCc1ccc(C)cc1.CCCc1ccc(C)cc1.CCc1ccc(C)cc1.Cc1ccc(C(C)(C)C)cc1.Cc1ccc(C(C)C)cc1.Cc1ccc(C)cc1.Cc1ccc2ccccc2c1.Cc1cccc2ccccc12. The molecule has 12 rings (SSSR count). The molecule has 0 nitrogen and oxygen atoms in total. The lowest BCUT2D eigenvalue weighted by Crippen LogP contribution is -2.10. The van der Waals surface area contributed by atoms with E-state index in [1.165, 1.54) is 179 Å². The molecule has 12 aromatic rings. The standard InChI is InChI=1S/2C12H18.2C11H10.2C11H16.2C10H14.C9H12.C8H10/c1-4-10(2)9-12-7-5-11(3)6-8-12;1-4-5-11(3)12-8-6-10(2)7-9-12;1-9-5-4-7-10-6-2-3-8-11(9)10;1-9-6-7-10-4-2-3-5-11(10)8-9;1-9-5-7-10(8-6-9)11(2,3)4;1-3-4-5-11-8-6-10(2)7-9-11;1-8(2)10-6-4-9(3)5-7-10;1-3-4-10-7-5-9(2)6-8-10;1-3-9-6-4-8(2)5-7-9;1-7-3-5-8(2)6-4-7/h5-8,10H,4,9H2,1-3H3;6-9,11H,4-5H2,1-3H3;2*2-8H,1H3;5-8H,1-4H3;6-9H,3-5H2,1-2H3;4-8H,1-3H3;5-8H,3-4H2,1-2H3;4-7H,3H2,1-2H3;3-6H,1-2H3. The summed E-state index contributed by atoms with van der Waals surface area (Å²) in [5.74, 6) is 2.18. The molecule has 12 aromatic carbocycles. The highest BCUT2D eigenvalue weighted by atomic mass is 14.2. The summed E-state index contributed by atoms with van der Waals surface area (Å²) < 4.78 is 0. The molecule has 0 heteroatoms. The highest BCUT2D eigenvalue weighted by Crippen LogP contribution is 2.24. The Morgan fingerprint density at radius 3 is 1.06 bits per heavy atom. The summed E-state index contributed by atoms with van der Waals surface area (Å²) in [5, 5.41) is 5.33. The maximum atomic E-state index is 2.31. The minimum atomic E-state index is 0.285. The monoisotopic (exact) mass is 1400 g/mol. The lowest BCUT2D eigenvalue weighted by molar-refractivity contribution is 0.560. The molecular formula is C105H138. The van der Waals surface area contributed by atoms with Crippen LogP contribution in [0.2, 0.25) is 0 Å². The normalized spacial score (nSPS) is 10.8. The predicted octanol–water partition coefficient (Wildman–Crippen LogP) is 31.3. The van der Waals surface area contributed by atoms with Crippen molar-refractivity contribution in [2.45, 2.75) is 241 Å². The fraction of sp³-hybridized carbons (Fsp3) is 0.352. The summed E-state index contributed by atoms with van der Waals surface area (Å²) in [6.07, 6.45) is 12.5. The van der Waals surface area contributed by atoms with Gasteiger partial charge in [-0.2, -0.15) is 0 Å². The zero-order valence-corrected chi connectivity index (χ0v) is 69.9. The van der Waals surface area contributed by atoms with E-state index in [-0.39, 0.29) is 5.41 Å². The molecule has 105 heavy (non-hydrogen) atoms. The zero-order chi connectivity index (χ0) is 77.5. The Morgan fingerprint density at radius 2 is 0.657 bits per heavy atom. The van der Waals surface area contributed by atoms with E-state index in [1.807, 2.05) is 0 Å². The molecule has 0 spiro atoms. The lowest BCUT2D eigenvalue weighted by atomic mass is 9.87. The van der Waals surface area contributed by atoms with Crippen molar-refractivity contribution in [3.05, 3.63) is 379 Å². The van der Waals surface area contributed by atoms with Crippen LogP contribution in [0.15, 0.2) is 279 Å². The third kappa shape index (κ3) is 39.7. The molecule has 0 bridgehead atoms. The van der Waals surface area contributed by atoms with Gasteiger partial charge in [-0.25, -0.2) is 0 Å². The first-order valence-corrected chi connectivity index (χ1v) is 39.5. The fourth-order valence-corrected chi connectivity index (χ4v) is 11.1. The average molecular weight is 1400 g/mol. The molecule has 0 aromatic heterocycles.